The van der Waals surface area contributed by atoms with E-state index >= 15 is 0 Å². The molecule has 4 nitrogen and oxygen atoms in total. The minimum absolute atomic E-state index is 0.115. The first-order valence-corrected chi connectivity index (χ1v) is 7.30. The summed E-state index contributed by atoms with van der Waals surface area (Å²) in [5.74, 6) is -0.0790. The van der Waals surface area contributed by atoms with Crippen molar-refractivity contribution in [2.75, 3.05) is 35.2 Å². The van der Waals surface area contributed by atoms with Crippen molar-refractivity contribution in [1.29, 1.82) is 0 Å². The molecule has 6 heteroatoms. The van der Waals surface area contributed by atoms with E-state index in [-0.39, 0.29) is 11.5 Å². The van der Waals surface area contributed by atoms with Crippen LogP contribution in [0.4, 0.5) is 15.8 Å². The van der Waals surface area contributed by atoms with Crippen LogP contribution in [0.3, 0.4) is 0 Å². The van der Waals surface area contributed by atoms with E-state index in [2.05, 4.69) is 0 Å². The Kier molecular flexibility index (Phi) is 3.24. The van der Waals surface area contributed by atoms with E-state index < -0.39 is 15.7 Å². The Bertz CT molecular complexity index is 496. The zero-order chi connectivity index (χ0) is 12.5. The van der Waals surface area contributed by atoms with E-state index in [1.807, 2.05) is 4.90 Å². The summed E-state index contributed by atoms with van der Waals surface area (Å²) in [6.45, 7) is 1.01. The van der Waals surface area contributed by atoms with E-state index in [0.717, 1.165) is 0 Å². The Morgan fingerprint density at radius 2 is 1.94 bits per heavy atom. The van der Waals surface area contributed by atoms with Crippen molar-refractivity contribution in [3.05, 3.63) is 24.0 Å². The summed E-state index contributed by atoms with van der Waals surface area (Å²) in [5.41, 5.74) is 6.58. The molecule has 1 aliphatic heterocycles. The summed E-state index contributed by atoms with van der Waals surface area (Å²) in [7, 11) is -2.95. The zero-order valence-electron chi connectivity index (χ0n) is 9.39. The maximum Gasteiger partial charge on any atom is 0.152 e. The van der Waals surface area contributed by atoms with Gasteiger partial charge in [-0.05, 0) is 24.6 Å². The Morgan fingerprint density at radius 1 is 1.18 bits per heavy atom. The fourth-order valence-corrected chi connectivity index (χ4v) is 3.25. The van der Waals surface area contributed by atoms with Gasteiger partial charge in [0.15, 0.2) is 9.84 Å². The van der Waals surface area contributed by atoms with Crippen LogP contribution in [-0.4, -0.2) is 33.0 Å². The molecule has 0 radical (unpaired) electrons. The van der Waals surface area contributed by atoms with Crippen molar-refractivity contribution >= 4 is 21.2 Å². The molecule has 0 atom stereocenters. The van der Waals surface area contributed by atoms with Crippen LogP contribution in [0, 0.1) is 5.82 Å². The van der Waals surface area contributed by atoms with Gasteiger partial charge in [-0.1, -0.05) is 0 Å². The standard InChI is InChI=1S/C11H15FN2O2S/c12-9-6-10(13)8-11(7-9)14-2-1-4-17(15,16)5-3-14/h6-8H,1-5,13H2. The number of nitrogens with zero attached hydrogens (tertiary/aromatic N) is 1. The van der Waals surface area contributed by atoms with Crippen LogP contribution in [0.15, 0.2) is 18.2 Å². The molecule has 1 fully saturated rings. The molecular formula is C11H15FN2O2S. The normalized spacial score (nSPS) is 19.9. The quantitative estimate of drug-likeness (QED) is 0.764. The average molecular weight is 258 g/mol. The monoisotopic (exact) mass is 258 g/mol. The van der Waals surface area contributed by atoms with Gasteiger partial charge in [-0.3, -0.25) is 0 Å². The molecule has 0 unspecified atom stereocenters. The summed E-state index contributed by atoms with van der Waals surface area (Å²) >= 11 is 0. The van der Waals surface area contributed by atoms with Gasteiger partial charge in [0.25, 0.3) is 0 Å². The van der Waals surface area contributed by atoms with Gasteiger partial charge in [-0.15, -0.1) is 0 Å². The molecule has 1 aromatic carbocycles. The van der Waals surface area contributed by atoms with Crippen LogP contribution in [-0.2, 0) is 9.84 Å². The molecule has 94 valence electrons. The Hall–Kier alpha value is -1.30. The largest absolute Gasteiger partial charge is 0.399 e. The van der Waals surface area contributed by atoms with Crippen LogP contribution < -0.4 is 10.6 Å². The van der Waals surface area contributed by atoms with Gasteiger partial charge in [-0.2, -0.15) is 0 Å². The van der Waals surface area contributed by atoms with E-state index in [1.165, 1.54) is 12.1 Å². The van der Waals surface area contributed by atoms with E-state index in [0.29, 0.717) is 30.9 Å². The second-order valence-electron chi connectivity index (χ2n) is 4.24. The van der Waals surface area contributed by atoms with E-state index in [4.69, 9.17) is 5.73 Å². The van der Waals surface area contributed by atoms with Crippen molar-refractivity contribution in [2.45, 2.75) is 6.42 Å². The second-order valence-corrected chi connectivity index (χ2v) is 6.54. The molecule has 17 heavy (non-hydrogen) atoms. The molecule has 0 bridgehead atoms. The third-order valence-corrected chi connectivity index (χ3v) is 4.54. The lowest BCUT2D eigenvalue weighted by Crippen LogP contribution is -2.26. The number of hydrogen-bond donors (Lipinski definition) is 1. The number of nitrogens with two attached hydrogens (primary N) is 1. The van der Waals surface area contributed by atoms with Gasteiger partial charge in [-0.25, -0.2) is 12.8 Å². The first kappa shape index (κ1) is 12.2. The lowest BCUT2D eigenvalue weighted by Gasteiger charge is -2.22. The molecular weight excluding hydrogens is 243 g/mol. The third kappa shape index (κ3) is 3.09. The van der Waals surface area contributed by atoms with Crippen molar-refractivity contribution in [3.8, 4) is 0 Å². The van der Waals surface area contributed by atoms with Crippen molar-refractivity contribution in [1.82, 2.24) is 0 Å². The highest BCUT2D eigenvalue weighted by atomic mass is 32.2. The van der Waals surface area contributed by atoms with Crippen LogP contribution in [0.2, 0.25) is 0 Å². The Balaban J connectivity index is 2.22. The molecule has 0 spiro atoms. The molecule has 2 rings (SSSR count). The molecule has 0 aliphatic carbocycles. The van der Waals surface area contributed by atoms with Gasteiger partial charge in [0.05, 0.1) is 11.5 Å². The van der Waals surface area contributed by atoms with Gasteiger partial charge in [0, 0.05) is 24.5 Å². The molecule has 1 aromatic rings. The highest BCUT2D eigenvalue weighted by Crippen LogP contribution is 2.21. The van der Waals surface area contributed by atoms with Crippen molar-refractivity contribution in [3.63, 3.8) is 0 Å². The zero-order valence-corrected chi connectivity index (χ0v) is 10.2. The molecule has 0 saturated carbocycles. The number of rotatable bonds is 1. The number of anilines is 2. The fraction of sp³-hybridized carbons (Fsp3) is 0.455. The fourth-order valence-electron chi connectivity index (χ4n) is 1.98. The summed E-state index contributed by atoms with van der Waals surface area (Å²) in [4.78, 5) is 1.87. The number of nitrogen functional groups attached to an aromatic ring is 1. The van der Waals surface area contributed by atoms with Crippen molar-refractivity contribution < 1.29 is 12.8 Å². The summed E-state index contributed by atoms with van der Waals surface area (Å²) in [5, 5.41) is 0. The molecule has 1 saturated heterocycles. The number of benzene rings is 1. The first-order valence-electron chi connectivity index (χ1n) is 5.48. The molecule has 1 heterocycles. The minimum atomic E-state index is -2.95. The lowest BCUT2D eigenvalue weighted by molar-refractivity contribution is 0.597. The summed E-state index contributed by atoms with van der Waals surface area (Å²) in [6.07, 6.45) is 0.568. The van der Waals surface area contributed by atoms with Gasteiger partial charge < -0.3 is 10.6 Å². The topological polar surface area (TPSA) is 63.4 Å². The Morgan fingerprint density at radius 3 is 2.65 bits per heavy atom. The summed E-state index contributed by atoms with van der Waals surface area (Å²) < 4.78 is 36.1. The third-order valence-electron chi connectivity index (χ3n) is 2.83. The summed E-state index contributed by atoms with van der Waals surface area (Å²) in [6, 6.07) is 4.30. The average Bonchev–Trinajstić information content (AvgIpc) is 2.38. The maximum absolute atomic E-state index is 13.2. The number of hydrogen-bond acceptors (Lipinski definition) is 4. The van der Waals surface area contributed by atoms with E-state index in [1.54, 1.807) is 6.07 Å². The number of sulfone groups is 1. The lowest BCUT2D eigenvalue weighted by atomic mass is 10.2. The predicted molar refractivity (Wildman–Crippen MR) is 66.3 cm³/mol. The van der Waals surface area contributed by atoms with Crippen molar-refractivity contribution in [2.24, 2.45) is 0 Å². The van der Waals surface area contributed by atoms with Crippen LogP contribution in [0.1, 0.15) is 6.42 Å². The smallest absolute Gasteiger partial charge is 0.152 e. The molecule has 2 N–H and O–H groups in total. The SMILES string of the molecule is Nc1cc(F)cc(N2CCCS(=O)(=O)CC2)c1. The van der Waals surface area contributed by atoms with Crippen LogP contribution in [0.5, 0.6) is 0 Å². The Labute approximate surface area is 100 Å². The van der Waals surface area contributed by atoms with E-state index in [9.17, 15) is 12.8 Å². The van der Waals surface area contributed by atoms with Gasteiger partial charge >= 0.3 is 0 Å². The molecule has 0 amide bonds. The van der Waals surface area contributed by atoms with Crippen LogP contribution in [0.25, 0.3) is 0 Å². The molecule has 0 aromatic heterocycles. The number of halogens is 1. The first-order chi connectivity index (χ1) is 7.96. The van der Waals surface area contributed by atoms with Gasteiger partial charge in [0.1, 0.15) is 5.82 Å². The molecule has 1 aliphatic rings. The maximum atomic E-state index is 13.2. The highest BCUT2D eigenvalue weighted by molar-refractivity contribution is 7.91. The minimum Gasteiger partial charge on any atom is -0.399 e. The van der Waals surface area contributed by atoms with Gasteiger partial charge in [0.2, 0.25) is 0 Å². The predicted octanol–water partition coefficient (Wildman–Crippen LogP) is 1.03. The second kappa shape index (κ2) is 4.52. The highest BCUT2D eigenvalue weighted by Gasteiger charge is 2.19. The van der Waals surface area contributed by atoms with Crippen LogP contribution >= 0.6 is 0 Å².